The molecule has 1 aliphatic rings. The third-order valence-electron chi connectivity index (χ3n) is 5.12. The summed E-state index contributed by atoms with van der Waals surface area (Å²) in [5.41, 5.74) is 8.76. The van der Waals surface area contributed by atoms with E-state index in [0.29, 0.717) is 11.5 Å². The van der Waals surface area contributed by atoms with E-state index in [4.69, 9.17) is 9.05 Å². The Morgan fingerprint density at radius 2 is 1.38 bits per heavy atom. The van der Waals surface area contributed by atoms with Gasteiger partial charge in [0, 0.05) is 6.21 Å². The molecule has 0 saturated heterocycles. The smallest absolute Gasteiger partial charge is 0.395 e. The molecule has 1 heterocycles. The molecular weight excluding hydrogens is 423 g/mol. The van der Waals surface area contributed by atoms with E-state index in [9.17, 15) is 9.46 Å². The third kappa shape index (κ3) is 6.10. The van der Waals surface area contributed by atoms with Crippen LogP contribution in [0.5, 0.6) is 11.5 Å². The van der Waals surface area contributed by atoms with Gasteiger partial charge in [-0.15, -0.1) is 0 Å². The minimum atomic E-state index is -4.23. The molecule has 0 spiro atoms. The van der Waals surface area contributed by atoms with Gasteiger partial charge in [-0.1, -0.05) is 48.5 Å². The molecule has 6 nitrogen and oxygen atoms in total. The number of fused-ring (bicyclic) bond motifs is 1. The lowest BCUT2D eigenvalue weighted by molar-refractivity contribution is 0.289. The maximum Gasteiger partial charge on any atom is 0.584 e. The van der Waals surface area contributed by atoms with E-state index in [2.05, 4.69) is 10.5 Å². The SMILES string of the molecule is C1=Cc2ccccc2NN=C1.Cc1cccc(OP(=O)(O)Oc2cccc(C)c2C)c1C. The van der Waals surface area contributed by atoms with Gasteiger partial charge in [-0.2, -0.15) is 5.10 Å². The lowest BCUT2D eigenvalue weighted by Gasteiger charge is -2.17. The first-order chi connectivity index (χ1) is 15.3. The molecule has 0 fully saturated rings. The van der Waals surface area contributed by atoms with Crippen molar-refractivity contribution < 1.29 is 18.5 Å². The number of phosphoric ester groups is 1. The summed E-state index contributed by atoms with van der Waals surface area (Å²) in [6.45, 7) is 7.50. The molecule has 7 heteroatoms. The van der Waals surface area contributed by atoms with Crippen molar-refractivity contribution in [2.45, 2.75) is 27.7 Å². The first kappa shape index (κ1) is 23.3. The van der Waals surface area contributed by atoms with Gasteiger partial charge < -0.3 is 9.05 Å². The fourth-order valence-electron chi connectivity index (χ4n) is 2.95. The molecular formula is C25H27N2O4P. The van der Waals surface area contributed by atoms with Gasteiger partial charge >= 0.3 is 7.82 Å². The van der Waals surface area contributed by atoms with Gasteiger partial charge in [0.25, 0.3) is 0 Å². The van der Waals surface area contributed by atoms with E-state index in [0.717, 1.165) is 27.9 Å². The van der Waals surface area contributed by atoms with Crippen LogP contribution in [0.25, 0.3) is 6.08 Å². The second-order valence-electron chi connectivity index (χ2n) is 7.38. The van der Waals surface area contributed by atoms with Crippen LogP contribution in [-0.4, -0.2) is 11.1 Å². The lowest BCUT2D eigenvalue weighted by atomic mass is 10.1. The average molecular weight is 450 g/mol. The third-order valence-corrected chi connectivity index (χ3v) is 5.97. The number of rotatable bonds is 4. The van der Waals surface area contributed by atoms with E-state index < -0.39 is 7.82 Å². The second kappa shape index (κ2) is 10.3. The maximum absolute atomic E-state index is 12.2. The molecule has 1 aliphatic heterocycles. The molecule has 0 aliphatic carbocycles. The molecule has 0 saturated carbocycles. The topological polar surface area (TPSA) is 80.2 Å². The van der Waals surface area contributed by atoms with Gasteiger partial charge in [0.05, 0.1) is 5.69 Å². The number of allylic oxidation sites excluding steroid dienone is 1. The summed E-state index contributed by atoms with van der Waals surface area (Å²) in [6, 6.07) is 18.7. The van der Waals surface area contributed by atoms with Gasteiger partial charge in [0.15, 0.2) is 0 Å². The monoisotopic (exact) mass is 450 g/mol. The van der Waals surface area contributed by atoms with Crippen molar-refractivity contribution in [1.82, 2.24) is 0 Å². The molecule has 166 valence electrons. The Morgan fingerprint density at radius 1 is 0.812 bits per heavy atom. The zero-order chi connectivity index (χ0) is 23.1. The maximum atomic E-state index is 12.2. The largest absolute Gasteiger partial charge is 0.584 e. The summed E-state index contributed by atoms with van der Waals surface area (Å²) in [4.78, 5) is 9.96. The van der Waals surface area contributed by atoms with Gasteiger partial charge in [0.2, 0.25) is 0 Å². The van der Waals surface area contributed by atoms with Gasteiger partial charge in [-0.25, -0.2) is 4.57 Å². The predicted octanol–water partition coefficient (Wildman–Crippen LogP) is 6.59. The van der Waals surface area contributed by atoms with Crippen molar-refractivity contribution >= 4 is 25.8 Å². The highest BCUT2D eigenvalue weighted by atomic mass is 31.2. The highest BCUT2D eigenvalue weighted by Crippen LogP contribution is 2.46. The zero-order valence-corrected chi connectivity index (χ0v) is 19.5. The van der Waals surface area contributed by atoms with Crippen LogP contribution in [0, 0.1) is 27.7 Å². The molecule has 32 heavy (non-hydrogen) atoms. The molecule has 4 rings (SSSR count). The minimum absolute atomic E-state index is 0.353. The Bertz CT molecular complexity index is 1150. The lowest BCUT2D eigenvalue weighted by Crippen LogP contribution is -2.02. The number of benzene rings is 3. The van der Waals surface area contributed by atoms with Crippen LogP contribution in [0.2, 0.25) is 0 Å². The first-order valence-corrected chi connectivity index (χ1v) is 11.7. The van der Waals surface area contributed by atoms with E-state index in [1.807, 2.05) is 76.2 Å². The first-order valence-electron chi connectivity index (χ1n) is 10.2. The molecule has 2 N–H and O–H groups in total. The Balaban J connectivity index is 0.000000219. The quantitative estimate of drug-likeness (QED) is 0.438. The van der Waals surface area contributed by atoms with Gasteiger partial charge in [-0.3, -0.25) is 10.3 Å². The molecule has 0 radical (unpaired) electrons. The van der Waals surface area contributed by atoms with Crippen LogP contribution in [0.4, 0.5) is 5.69 Å². The standard InChI is InChI=1S/C16H19O4P.C9H8N2/c1-11-7-5-9-15(13(11)3)19-21(17,18)20-16-10-6-8-12(2)14(16)4;1-2-6-9-8(4-1)5-3-7-10-11-9/h5-10H,1-4H3,(H,17,18);1-7,11H. The number of phosphoric acid groups is 1. The predicted molar refractivity (Wildman–Crippen MR) is 131 cm³/mol. The van der Waals surface area contributed by atoms with E-state index >= 15 is 0 Å². The summed E-state index contributed by atoms with van der Waals surface area (Å²) in [5.74, 6) is 0.706. The Kier molecular flexibility index (Phi) is 7.52. The van der Waals surface area contributed by atoms with Crippen LogP contribution >= 0.6 is 7.82 Å². The van der Waals surface area contributed by atoms with Crippen molar-refractivity contribution in [3.63, 3.8) is 0 Å². The fraction of sp³-hybridized carbons (Fsp3) is 0.160. The summed E-state index contributed by atoms with van der Waals surface area (Å²) in [5, 5.41) is 3.95. The fourth-order valence-corrected chi connectivity index (χ4v) is 3.88. The van der Waals surface area contributed by atoms with Crippen LogP contribution in [-0.2, 0) is 4.57 Å². The number of hydrazone groups is 1. The van der Waals surface area contributed by atoms with E-state index in [1.54, 1.807) is 30.5 Å². The van der Waals surface area contributed by atoms with Crippen LogP contribution in [0.1, 0.15) is 27.8 Å². The number of aryl methyl sites for hydroxylation is 2. The minimum Gasteiger partial charge on any atom is -0.395 e. The van der Waals surface area contributed by atoms with E-state index in [-0.39, 0.29) is 0 Å². The van der Waals surface area contributed by atoms with Gasteiger partial charge in [0.1, 0.15) is 11.5 Å². The summed E-state index contributed by atoms with van der Waals surface area (Å²) in [6.07, 6.45) is 5.68. The molecule has 0 amide bonds. The number of nitrogens with one attached hydrogen (secondary N) is 1. The Morgan fingerprint density at radius 3 is 1.97 bits per heavy atom. The van der Waals surface area contributed by atoms with E-state index in [1.165, 1.54) is 5.56 Å². The normalized spacial score (nSPS) is 12.0. The van der Waals surface area contributed by atoms with Crippen molar-refractivity contribution in [3.05, 3.63) is 94.6 Å². The number of nitrogens with zero attached hydrogens (tertiary/aromatic N) is 1. The van der Waals surface area contributed by atoms with Crippen LogP contribution < -0.4 is 14.5 Å². The Labute approximate surface area is 188 Å². The highest BCUT2D eigenvalue weighted by molar-refractivity contribution is 7.48. The highest BCUT2D eigenvalue weighted by Gasteiger charge is 2.27. The Hall–Kier alpha value is -3.34. The molecule has 3 aromatic rings. The number of hydrogen-bond donors (Lipinski definition) is 2. The summed E-state index contributed by atoms with van der Waals surface area (Å²) >= 11 is 0. The van der Waals surface area contributed by atoms with Crippen molar-refractivity contribution in [3.8, 4) is 11.5 Å². The number of para-hydroxylation sites is 1. The van der Waals surface area contributed by atoms with Gasteiger partial charge in [-0.05, 0) is 79.8 Å². The molecule has 3 aromatic carbocycles. The summed E-state index contributed by atoms with van der Waals surface area (Å²) in [7, 11) is -4.23. The summed E-state index contributed by atoms with van der Waals surface area (Å²) < 4.78 is 22.6. The zero-order valence-electron chi connectivity index (χ0n) is 18.6. The molecule has 0 atom stereocenters. The van der Waals surface area contributed by atoms with Crippen molar-refractivity contribution in [2.75, 3.05) is 5.43 Å². The molecule has 0 bridgehead atoms. The number of hydrogen-bond acceptors (Lipinski definition) is 5. The van der Waals surface area contributed by atoms with Crippen molar-refractivity contribution in [2.24, 2.45) is 5.10 Å². The van der Waals surface area contributed by atoms with Crippen LogP contribution in [0.15, 0.2) is 71.8 Å². The molecule has 0 aromatic heterocycles. The second-order valence-corrected chi connectivity index (χ2v) is 8.69. The average Bonchev–Trinajstić information content (AvgIpc) is 3.01. The van der Waals surface area contributed by atoms with Crippen molar-refractivity contribution in [1.29, 1.82) is 0 Å². The van der Waals surface area contributed by atoms with Crippen LogP contribution in [0.3, 0.4) is 0 Å². The number of anilines is 1. The molecule has 0 unspecified atom stereocenters.